The van der Waals surface area contributed by atoms with Crippen LogP contribution in [0.2, 0.25) is 0 Å². The van der Waals surface area contributed by atoms with Gasteiger partial charge in [0.2, 0.25) is 0 Å². The highest BCUT2D eigenvalue weighted by molar-refractivity contribution is 7.86. The Hall–Kier alpha value is -0.130. The molecular weight excluding hydrogens is 276 g/mol. The molecule has 2 unspecified atom stereocenters. The Labute approximate surface area is 124 Å². The van der Waals surface area contributed by atoms with Crippen LogP contribution >= 0.6 is 0 Å². The standard InChI is InChI=1S/C15H32O4S/c1-3-5-6-7-12-15(20(17,18)19)13-9-8-11-14(16)10-4-2/h14-16H,3-13H2,1-2H3,(H,17,18,19). The quantitative estimate of drug-likeness (QED) is 0.399. The number of hydrogen-bond donors (Lipinski definition) is 2. The van der Waals surface area contributed by atoms with Crippen molar-refractivity contribution in [3.05, 3.63) is 0 Å². The summed E-state index contributed by atoms with van der Waals surface area (Å²) in [5.74, 6) is 0. The van der Waals surface area contributed by atoms with Gasteiger partial charge in [-0.3, -0.25) is 4.55 Å². The smallest absolute Gasteiger partial charge is 0.267 e. The van der Waals surface area contributed by atoms with Crippen LogP contribution in [0.25, 0.3) is 0 Å². The fourth-order valence-corrected chi connectivity index (χ4v) is 3.40. The first-order chi connectivity index (χ1) is 9.41. The van der Waals surface area contributed by atoms with E-state index in [9.17, 15) is 18.1 Å². The molecule has 0 aromatic heterocycles. The Bertz CT molecular complexity index is 314. The Balaban J connectivity index is 3.94. The van der Waals surface area contributed by atoms with Crippen LogP contribution in [-0.4, -0.2) is 29.4 Å². The molecule has 0 saturated carbocycles. The van der Waals surface area contributed by atoms with E-state index in [4.69, 9.17) is 0 Å². The minimum atomic E-state index is -3.93. The van der Waals surface area contributed by atoms with Crippen LogP contribution in [0, 0.1) is 0 Å². The summed E-state index contributed by atoms with van der Waals surface area (Å²) >= 11 is 0. The predicted molar refractivity (Wildman–Crippen MR) is 83.5 cm³/mol. The maximum atomic E-state index is 11.3. The van der Waals surface area contributed by atoms with E-state index in [1.807, 2.05) is 6.92 Å². The summed E-state index contributed by atoms with van der Waals surface area (Å²) < 4.78 is 31.9. The van der Waals surface area contributed by atoms with E-state index in [1.165, 1.54) is 0 Å². The summed E-state index contributed by atoms with van der Waals surface area (Å²) in [6, 6.07) is 0. The second kappa shape index (κ2) is 11.5. The molecule has 0 spiro atoms. The Morgan fingerprint density at radius 1 is 0.800 bits per heavy atom. The van der Waals surface area contributed by atoms with Gasteiger partial charge in [0, 0.05) is 0 Å². The molecule has 0 amide bonds. The molecule has 20 heavy (non-hydrogen) atoms. The van der Waals surface area contributed by atoms with Gasteiger partial charge in [0.05, 0.1) is 11.4 Å². The lowest BCUT2D eigenvalue weighted by atomic mass is 10.0. The van der Waals surface area contributed by atoms with Crippen molar-refractivity contribution in [2.75, 3.05) is 0 Å². The van der Waals surface area contributed by atoms with E-state index in [2.05, 4.69) is 6.92 Å². The van der Waals surface area contributed by atoms with Gasteiger partial charge >= 0.3 is 0 Å². The van der Waals surface area contributed by atoms with Gasteiger partial charge in [0.1, 0.15) is 0 Å². The highest BCUT2D eigenvalue weighted by Crippen LogP contribution is 2.18. The molecule has 0 aliphatic carbocycles. The van der Waals surface area contributed by atoms with Gasteiger partial charge in [-0.05, 0) is 25.7 Å². The summed E-state index contributed by atoms with van der Waals surface area (Å²) in [6.07, 6.45) is 8.96. The zero-order valence-corrected chi connectivity index (χ0v) is 13.9. The summed E-state index contributed by atoms with van der Waals surface area (Å²) in [7, 11) is -3.93. The van der Waals surface area contributed by atoms with Crippen LogP contribution in [-0.2, 0) is 10.1 Å². The topological polar surface area (TPSA) is 74.6 Å². The number of rotatable bonds is 13. The van der Waals surface area contributed by atoms with Crippen LogP contribution in [0.1, 0.15) is 84.5 Å². The number of unbranched alkanes of at least 4 members (excludes halogenated alkanes) is 4. The molecule has 0 aromatic carbocycles. The molecule has 0 heterocycles. The molecule has 0 bridgehead atoms. The Morgan fingerprint density at radius 2 is 1.35 bits per heavy atom. The average molecular weight is 308 g/mol. The molecule has 2 N–H and O–H groups in total. The van der Waals surface area contributed by atoms with Crippen LogP contribution in [0.15, 0.2) is 0 Å². The molecule has 0 rings (SSSR count). The van der Waals surface area contributed by atoms with Crippen molar-refractivity contribution in [3.8, 4) is 0 Å². The second-order valence-electron chi connectivity index (χ2n) is 5.71. The third-order valence-electron chi connectivity index (χ3n) is 3.74. The molecule has 0 aliphatic rings. The van der Waals surface area contributed by atoms with Gasteiger partial charge in [-0.2, -0.15) is 8.42 Å². The second-order valence-corrected chi connectivity index (χ2v) is 7.41. The van der Waals surface area contributed by atoms with Crippen LogP contribution in [0.4, 0.5) is 0 Å². The molecule has 0 saturated heterocycles. The molecular formula is C15H32O4S. The van der Waals surface area contributed by atoms with Crippen molar-refractivity contribution in [3.63, 3.8) is 0 Å². The van der Waals surface area contributed by atoms with E-state index >= 15 is 0 Å². The SMILES string of the molecule is CCCCCCC(CCCCC(O)CCC)S(=O)(=O)O. The highest BCUT2D eigenvalue weighted by Gasteiger charge is 2.21. The minimum Gasteiger partial charge on any atom is -0.393 e. The Morgan fingerprint density at radius 3 is 1.85 bits per heavy atom. The van der Waals surface area contributed by atoms with Crippen molar-refractivity contribution in [2.45, 2.75) is 95.8 Å². The van der Waals surface area contributed by atoms with Gasteiger partial charge in [-0.15, -0.1) is 0 Å². The van der Waals surface area contributed by atoms with Gasteiger partial charge in [-0.1, -0.05) is 58.8 Å². The van der Waals surface area contributed by atoms with E-state index in [1.54, 1.807) is 0 Å². The largest absolute Gasteiger partial charge is 0.393 e. The first-order valence-corrected chi connectivity index (χ1v) is 9.56. The fourth-order valence-electron chi connectivity index (χ4n) is 2.47. The summed E-state index contributed by atoms with van der Waals surface area (Å²) in [4.78, 5) is 0. The van der Waals surface area contributed by atoms with E-state index in [-0.39, 0.29) is 6.10 Å². The number of aliphatic hydroxyl groups excluding tert-OH is 1. The zero-order chi connectivity index (χ0) is 15.4. The molecule has 0 radical (unpaired) electrons. The van der Waals surface area contributed by atoms with Gasteiger partial charge in [0.25, 0.3) is 10.1 Å². The third kappa shape index (κ3) is 10.6. The number of hydrogen-bond acceptors (Lipinski definition) is 3. The minimum absolute atomic E-state index is 0.270. The van der Waals surface area contributed by atoms with Gasteiger partial charge in [-0.25, -0.2) is 0 Å². The molecule has 5 heteroatoms. The molecule has 4 nitrogen and oxygen atoms in total. The van der Waals surface area contributed by atoms with E-state index in [0.717, 1.165) is 57.8 Å². The van der Waals surface area contributed by atoms with Crippen molar-refractivity contribution in [1.29, 1.82) is 0 Å². The predicted octanol–water partition coefficient (Wildman–Crippen LogP) is 3.93. The van der Waals surface area contributed by atoms with E-state index in [0.29, 0.717) is 12.8 Å². The number of aliphatic hydroxyl groups is 1. The van der Waals surface area contributed by atoms with Crippen LogP contribution in [0.5, 0.6) is 0 Å². The first kappa shape index (κ1) is 19.9. The highest BCUT2D eigenvalue weighted by atomic mass is 32.2. The maximum absolute atomic E-state index is 11.3. The molecule has 2 atom stereocenters. The first-order valence-electron chi connectivity index (χ1n) is 8.06. The van der Waals surface area contributed by atoms with Crippen LogP contribution in [0.3, 0.4) is 0 Å². The van der Waals surface area contributed by atoms with Gasteiger partial charge < -0.3 is 5.11 Å². The molecule has 122 valence electrons. The average Bonchev–Trinajstić information content (AvgIpc) is 2.35. The normalized spacial score (nSPS) is 15.2. The lowest BCUT2D eigenvalue weighted by Crippen LogP contribution is -2.20. The van der Waals surface area contributed by atoms with E-state index < -0.39 is 15.4 Å². The van der Waals surface area contributed by atoms with Crippen molar-refractivity contribution < 1.29 is 18.1 Å². The van der Waals surface area contributed by atoms with Crippen LogP contribution < -0.4 is 0 Å². The summed E-state index contributed by atoms with van der Waals surface area (Å²) in [6.45, 7) is 4.15. The summed E-state index contributed by atoms with van der Waals surface area (Å²) in [5.41, 5.74) is 0. The Kier molecular flexibility index (Phi) is 11.4. The van der Waals surface area contributed by atoms with Gasteiger partial charge in [0.15, 0.2) is 0 Å². The lowest BCUT2D eigenvalue weighted by molar-refractivity contribution is 0.150. The van der Waals surface area contributed by atoms with Crippen molar-refractivity contribution in [2.24, 2.45) is 0 Å². The summed E-state index contributed by atoms with van der Waals surface area (Å²) in [5, 5.41) is 8.98. The third-order valence-corrected chi connectivity index (χ3v) is 5.05. The fraction of sp³-hybridized carbons (Fsp3) is 1.00. The molecule has 0 aromatic rings. The lowest BCUT2D eigenvalue weighted by Gasteiger charge is -2.14. The van der Waals surface area contributed by atoms with Crippen molar-refractivity contribution in [1.82, 2.24) is 0 Å². The maximum Gasteiger partial charge on any atom is 0.267 e. The zero-order valence-electron chi connectivity index (χ0n) is 13.1. The van der Waals surface area contributed by atoms with Crippen molar-refractivity contribution >= 4 is 10.1 Å². The molecule has 0 fully saturated rings. The molecule has 0 aliphatic heterocycles. The monoisotopic (exact) mass is 308 g/mol.